The van der Waals surface area contributed by atoms with Crippen molar-refractivity contribution in [2.45, 2.75) is 38.9 Å². The average molecular weight is 680 g/mol. The number of aliphatic hydroxyl groups is 1. The maximum absolute atomic E-state index is 13.3. The van der Waals surface area contributed by atoms with E-state index in [-0.39, 0.29) is 40.0 Å². The van der Waals surface area contributed by atoms with Gasteiger partial charge in [-0.05, 0) is 42.7 Å². The molecule has 0 unspecified atom stereocenters. The average Bonchev–Trinajstić information content (AvgIpc) is 3.51. The number of anilines is 2. The Morgan fingerprint density at radius 3 is 2.21 bits per heavy atom. The Bertz CT molecular complexity index is 1750. The number of halogens is 2. The van der Waals surface area contributed by atoms with E-state index in [9.17, 15) is 14.4 Å². The predicted molar refractivity (Wildman–Crippen MR) is 182 cm³/mol. The quantitative estimate of drug-likeness (QED) is 0.113. The standard InChI is InChI=1S/C33H36Cl2N8O4/c1-20(45)37-12-13-38-24-9-4-15-43-29(24)17-28(42-43)33(47)41-26-8-3-6-23(31(26)35)22-5-2-7-25(30(22)34)40-32(46)27-11-10-21(19-39-27)18-36-14-16-44/h2-3,5-8,10-11,17,19,24,36,38,44H,4,9,12-16,18H2,1H3,(H,37,45)(H,40,46)(H,41,47)/t24-/m0/s1. The lowest BCUT2D eigenvalue weighted by Gasteiger charge is -2.24. The lowest BCUT2D eigenvalue weighted by molar-refractivity contribution is -0.118. The first kappa shape index (κ1) is 34.0. The summed E-state index contributed by atoms with van der Waals surface area (Å²) in [5.74, 6) is -0.916. The van der Waals surface area contributed by atoms with Crippen LogP contribution in [-0.4, -0.2) is 63.8 Å². The van der Waals surface area contributed by atoms with Crippen LogP contribution in [0.3, 0.4) is 0 Å². The van der Waals surface area contributed by atoms with E-state index < -0.39 is 11.8 Å². The molecule has 1 aliphatic heterocycles. The van der Waals surface area contributed by atoms with Crippen LogP contribution in [0.5, 0.6) is 0 Å². The zero-order chi connectivity index (χ0) is 33.3. The SMILES string of the molecule is CC(=O)NCCN[C@H]1CCCn2nc(C(=O)Nc3cccc(-c4cccc(NC(=O)c5ccc(CNCCO)cn5)c4Cl)c3Cl)cc21. The number of nitrogens with zero attached hydrogens (tertiary/aromatic N) is 3. The monoisotopic (exact) mass is 678 g/mol. The summed E-state index contributed by atoms with van der Waals surface area (Å²) >= 11 is 13.6. The summed E-state index contributed by atoms with van der Waals surface area (Å²) in [7, 11) is 0. The molecule has 0 spiro atoms. The Morgan fingerprint density at radius 2 is 1.60 bits per heavy atom. The number of aliphatic hydroxyl groups excluding tert-OH is 1. The molecule has 6 N–H and O–H groups in total. The van der Waals surface area contributed by atoms with E-state index in [0.29, 0.717) is 55.2 Å². The number of carbonyl (C=O) groups excluding carboxylic acids is 3. The molecular weight excluding hydrogens is 643 g/mol. The lowest BCUT2D eigenvalue weighted by atomic mass is 10.0. The molecule has 2 aromatic heterocycles. The van der Waals surface area contributed by atoms with Gasteiger partial charge >= 0.3 is 0 Å². The zero-order valence-electron chi connectivity index (χ0n) is 25.8. The predicted octanol–water partition coefficient (Wildman–Crippen LogP) is 4.40. The number of aromatic nitrogens is 3. The largest absolute Gasteiger partial charge is 0.395 e. The van der Waals surface area contributed by atoms with Crippen molar-refractivity contribution in [2.24, 2.45) is 0 Å². The van der Waals surface area contributed by atoms with Crippen molar-refractivity contribution in [3.05, 3.63) is 93.5 Å². The molecule has 0 saturated carbocycles. The van der Waals surface area contributed by atoms with Crippen molar-refractivity contribution in [3.8, 4) is 11.1 Å². The molecule has 3 heterocycles. The van der Waals surface area contributed by atoms with E-state index in [1.807, 2.05) is 4.68 Å². The van der Waals surface area contributed by atoms with E-state index in [2.05, 4.69) is 36.7 Å². The van der Waals surface area contributed by atoms with Crippen LogP contribution in [0.2, 0.25) is 10.0 Å². The fraction of sp³-hybridized carbons (Fsp3) is 0.303. The third-order valence-corrected chi connectivity index (χ3v) is 8.43. The number of amides is 3. The minimum Gasteiger partial charge on any atom is -0.395 e. The van der Waals surface area contributed by atoms with Crippen LogP contribution in [0.4, 0.5) is 11.4 Å². The molecule has 0 aliphatic carbocycles. The summed E-state index contributed by atoms with van der Waals surface area (Å²) in [6.07, 6.45) is 3.41. The van der Waals surface area contributed by atoms with Crippen LogP contribution < -0.4 is 26.6 Å². The Hall–Kier alpha value is -4.33. The second kappa shape index (κ2) is 16.0. The van der Waals surface area contributed by atoms with Gasteiger partial charge in [-0.2, -0.15) is 5.10 Å². The van der Waals surface area contributed by atoms with Crippen molar-refractivity contribution in [1.82, 2.24) is 30.7 Å². The summed E-state index contributed by atoms with van der Waals surface area (Å²) in [5, 5.41) is 29.0. The number of nitrogens with one attached hydrogen (secondary N) is 5. The lowest BCUT2D eigenvalue weighted by Crippen LogP contribution is -2.34. The number of benzene rings is 2. The third-order valence-electron chi connectivity index (χ3n) is 7.61. The number of rotatable bonds is 13. The zero-order valence-corrected chi connectivity index (χ0v) is 27.3. The van der Waals surface area contributed by atoms with E-state index in [0.717, 1.165) is 24.1 Å². The minimum atomic E-state index is -0.432. The number of hydrogen-bond acceptors (Lipinski definition) is 8. The van der Waals surface area contributed by atoms with Gasteiger partial charge in [0.1, 0.15) is 5.69 Å². The molecule has 4 aromatic rings. The number of hydrogen-bond donors (Lipinski definition) is 6. The summed E-state index contributed by atoms with van der Waals surface area (Å²) in [6.45, 7) is 4.32. The third kappa shape index (κ3) is 8.53. The van der Waals surface area contributed by atoms with Gasteiger partial charge in [-0.25, -0.2) is 0 Å². The van der Waals surface area contributed by atoms with E-state index in [4.69, 9.17) is 28.3 Å². The molecule has 1 atom stereocenters. The molecule has 246 valence electrons. The highest BCUT2D eigenvalue weighted by Crippen LogP contribution is 2.40. The maximum atomic E-state index is 13.3. The van der Waals surface area contributed by atoms with Crippen molar-refractivity contribution >= 4 is 52.3 Å². The molecule has 2 aromatic carbocycles. The molecule has 3 amide bonds. The van der Waals surface area contributed by atoms with Crippen molar-refractivity contribution in [2.75, 3.05) is 36.9 Å². The van der Waals surface area contributed by atoms with Gasteiger partial charge in [0.25, 0.3) is 11.8 Å². The Morgan fingerprint density at radius 1 is 0.915 bits per heavy atom. The van der Waals surface area contributed by atoms with Crippen LogP contribution in [0.1, 0.15) is 58.0 Å². The van der Waals surface area contributed by atoms with Crippen molar-refractivity contribution in [1.29, 1.82) is 0 Å². The Labute approximate surface area is 282 Å². The summed E-state index contributed by atoms with van der Waals surface area (Å²) in [4.78, 5) is 41.7. The minimum absolute atomic E-state index is 0.0169. The molecular formula is C33H36Cl2N8O4. The van der Waals surface area contributed by atoms with E-state index in [1.165, 1.54) is 6.92 Å². The molecule has 5 rings (SSSR count). The summed E-state index contributed by atoms with van der Waals surface area (Å²) < 4.78 is 1.84. The van der Waals surface area contributed by atoms with Crippen LogP contribution in [0.25, 0.3) is 11.1 Å². The highest BCUT2D eigenvalue weighted by molar-refractivity contribution is 6.40. The normalized spacial score (nSPS) is 13.9. The Balaban J connectivity index is 1.28. The molecule has 0 fully saturated rings. The van der Waals surface area contributed by atoms with Gasteiger partial charge in [0.15, 0.2) is 5.69 Å². The van der Waals surface area contributed by atoms with Crippen LogP contribution in [0, 0.1) is 0 Å². The molecule has 0 saturated heterocycles. The van der Waals surface area contributed by atoms with Crippen LogP contribution in [0.15, 0.2) is 60.8 Å². The second-order valence-electron chi connectivity index (χ2n) is 11.0. The molecule has 0 bridgehead atoms. The summed E-state index contributed by atoms with van der Waals surface area (Å²) in [5.41, 5.74) is 4.16. The van der Waals surface area contributed by atoms with Gasteiger partial charge in [-0.3, -0.25) is 24.0 Å². The van der Waals surface area contributed by atoms with Gasteiger partial charge in [0.05, 0.1) is 33.7 Å². The fourth-order valence-electron chi connectivity index (χ4n) is 5.31. The maximum Gasteiger partial charge on any atom is 0.276 e. The topological polar surface area (TPSA) is 162 Å². The molecule has 12 nitrogen and oxygen atoms in total. The van der Waals surface area contributed by atoms with Crippen LogP contribution >= 0.6 is 23.2 Å². The van der Waals surface area contributed by atoms with Gasteiger partial charge in [0, 0.05) is 63.0 Å². The number of aryl methyl sites for hydroxylation is 1. The van der Waals surface area contributed by atoms with E-state index >= 15 is 0 Å². The first-order valence-electron chi connectivity index (χ1n) is 15.3. The van der Waals surface area contributed by atoms with Gasteiger partial charge in [0.2, 0.25) is 5.91 Å². The van der Waals surface area contributed by atoms with Gasteiger partial charge < -0.3 is 31.7 Å². The number of pyridine rings is 1. The first-order valence-corrected chi connectivity index (χ1v) is 16.0. The number of fused-ring (bicyclic) bond motifs is 1. The molecule has 14 heteroatoms. The highest BCUT2D eigenvalue weighted by Gasteiger charge is 2.25. The van der Waals surface area contributed by atoms with E-state index in [1.54, 1.807) is 60.8 Å². The molecule has 1 aliphatic rings. The fourth-order valence-corrected chi connectivity index (χ4v) is 5.86. The first-order chi connectivity index (χ1) is 22.7. The summed E-state index contributed by atoms with van der Waals surface area (Å²) in [6, 6.07) is 15.6. The Kier molecular flexibility index (Phi) is 11.6. The van der Waals surface area contributed by atoms with Crippen LogP contribution in [-0.2, 0) is 17.9 Å². The number of carbonyl (C=O) groups is 3. The van der Waals surface area contributed by atoms with Gasteiger partial charge in [-0.15, -0.1) is 0 Å². The highest BCUT2D eigenvalue weighted by atomic mass is 35.5. The second-order valence-corrected chi connectivity index (χ2v) is 11.8. The molecule has 0 radical (unpaired) electrons. The van der Waals surface area contributed by atoms with Crippen molar-refractivity contribution < 1.29 is 19.5 Å². The molecule has 47 heavy (non-hydrogen) atoms. The smallest absolute Gasteiger partial charge is 0.276 e. The van der Waals surface area contributed by atoms with Gasteiger partial charge in [-0.1, -0.05) is 53.5 Å². The van der Waals surface area contributed by atoms with Crippen molar-refractivity contribution in [3.63, 3.8) is 0 Å².